The van der Waals surface area contributed by atoms with Crippen LogP contribution in [0.25, 0.3) is 0 Å². The first kappa shape index (κ1) is 14.9. The summed E-state index contributed by atoms with van der Waals surface area (Å²) < 4.78 is 0. The van der Waals surface area contributed by atoms with Crippen molar-refractivity contribution in [2.45, 2.75) is 19.3 Å². The lowest BCUT2D eigenvalue weighted by atomic mass is 10.1. The van der Waals surface area contributed by atoms with Gasteiger partial charge in [-0.1, -0.05) is 18.2 Å². The van der Waals surface area contributed by atoms with Crippen molar-refractivity contribution in [3.05, 3.63) is 42.0 Å². The smallest absolute Gasteiger partial charge is 0.240 e. The molecule has 0 heterocycles. The Bertz CT molecular complexity index is 470. The van der Waals surface area contributed by atoms with Crippen LogP contribution in [0.4, 0.5) is 0 Å². The molecule has 0 saturated heterocycles. The maximum Gasteiger partial charge on any atom is 0.240 e. The fourth-order valence-electron chi connectivity index (χ4n) is 1.50. The quantitative estimate of drug-likeness (QED) is 0.394. The molecule has 0 atom stereocenters. The molecule has 0 fully saturated rings. The normalized spacial score (nSPS) is 10.6. The summed E-state index contributed by atoms with van der Waals surface area (Å²) in [5.41, 5.74) is 3.62. The van der Waals surface area contributed by atoms with Crippen LogP contribution in [0, 0.1) is 0 Å². The van der Waals surface area contributed by atoms with Gasteiger partial charge in [-0.3, -0.25) is 4.79 Å². The van der Waals surface area contributed by atoms with E-state index in [1.807, 2.05) is 0 Å². The van der Waals surface area contributed by atoms with E-state index in [9.17, 15) is 9.90 Å². The third-order valence-corrected chi connectivity index (χ3v) is 2.47. The number of aliphatic hydroxyl groups excluding tert-OH is 1. The fourth-order valence-corrected chi connectivity index (χ4v) is 1.50. The number of allylic oxidation sites excluding steroid dienone is 1. The third kappa shape index (κ3) is 4.93. The van der Waals surface area contributed by atoms with Crippen molar-refractivity contribution in [1.82, 2.24) is 5.43 Å². The van der Waals surface area contributed by atoms with Crippen molar-refractivity contribution in [2.75, 3.05) is 6.61 Å². The van der Waals surface area contributed by atoms with Gasteiger partial charge in [0.05, 0.1) is 6.21 Å². The van der Waals surface area contributed by atoms with Crippen LogP contribution in [-0.2, 0) is 11.2 Å². The molecule has 3 N–H and O–H groups in total. The monoisotopic (exact) mass is 262 g/mol. The van der Waals surface area contributed by atoms with Gasteiger partial charge in [0.1, 0.15) is 5.75 Å². The largest absolute Gasteiger partial charge is 0.507 e. The first-order valence-electron chi connectivity index (χ1n) is 6.03. The molecule has 1 rings (SSSR count). The first-order chi connectivity index (χ1) is 9.19. The number of aromatic hydroxyl groups is 1. The summed E-state index contributed by atoms with van der Waals surface area (Å²) in [5, 5.41) is 22.3. The van der Waals surface area contributed by atoms with Crippen molar-refractivity contribution in [3.8, 4) is 5.75 Å². The van der Waals surface area contributed by atoms with Crippen molar-refractivity contribution in [1.29, 1.82) is 0 Å². The second-order valence-corrected chi connectivity index (χ2v) is 3.97. The van der Waals surface area contributed by atoms with Gasteiger partial charge < -0.3 is 10.2 Å². The minimum absolute atomic E-state index is 0.0263. The van der Waals surface area contributed by atoms with Crippen LogP contribution in [0.2, 0.25) is 0 Å². The Hall–Kier alpha value is -2.14. The number of amides is 1. The van der Waals surface area contributed by atoms with E-state index >= 15 is 0 Å². The standard InChI is InChI=1S/C14H18N2O3/c1-2-5-11-6-3-7-12(14(11)19)10-15-16-13(18)8-4-9-17/h2-3,6-7,10,17,19H,1,4-5,8-9H2,(H,16,18)/b15-10-. The highest BCUT2D eigenvalue weighted by Crippen LogP contribution is 2.21. The highest BCUT2D eigenvalue weighted by molar-refractivity contribution is 5.85. The summed E-state index contributed by atoms with van der Waals surface area (Å²) in [7, 11) is 0. The molecule has 0 aliphatic heterocycles. The molecule has 102 valence electrons. The Labute approximate surface area is 112 Å². The zero-order chi connectivity index (χ0) is 14.1. The Morgan fingerprint density at radius 2 is 2.26 bits per heavy atom. The summed E-state index contributed by atoms with van der Waals surface area (Å²) in [6.07, 6.45) is 4.28. The summed E-state index contributed by atoms with van der Waals surface area (Å²) in [5.74, 6) is -0.136. The predicted molar refractivity (Wildman–Crippen MR) is 74.1 cm³/mol. The van der Waals surface area contributed by atoms with E-state index in [4.69, 9.17) is 5.11 Å². The van der Waals surface area contributed by atoms with Gasteiger partial charge in [-0.2, -0.15) is 5.10 Å². The number of phenols is 1. The van der Waals surface area contributed by atoms with Crippen molar-refractivity contribution in [3.63, 3.8) is 0 Å². The third-order valence-electron chi connectivity index (χ3n) is 2.47. The zero-order valence-electron chi connectivity index (χ0n) is 10.7. The number of benzene rings is 1. The first-order valence-corrected chi connectivity index (χ1v) is 6.03. The maximum absolute atomic E-state index is 11.2. The number of nitrogens with zero attached hydrogens (tertiary/aromatic N) is 1. The average Bonchev–Trinajstić information content (AvgIpc) is 2.41. The van der Waals surface area contributed by atoms with Crippen LogP contribution in [0.1, 0.15) is 24.0 Å². The van der Waals surface area contributed by atoms with Gasteiger partial charge in [0.2, 0.25) is 5.91 Å². The van der Waals surface area contributed by atoms with Gasteiger partial charge in [0, 0.05) is 18.6 Å². The molecule has 5 nitrogen and oxygen atoms in total. The summed E-state index contributed by atoms with van der Waals surface area (Å²) in [6, 6.07) is 5.30. The highest BCUT2D eigenvalue weighted by Gasteiger charge is 2.04. The second kappa shape index (κ2) is 8.05. The minimum atomic E-state index is -0.271. The van der Waals surface area contributed by atoms with E-state index in [2.05, 4.69) is 17.1 Å². The molecule has 19 heavy (non-hydrogen) atoms. The number of rotatable bonds is 7. The Balaban J connectivity index is 2.64. The summed E-state index contributed by atoms with van der Waals surface area (Å²) in [6.45, 7) is 3.59. The van der Waals surface area contributed by atoms with E-state index in [0.717, 1.165) is 5.56 Å². The Morgan fingerprint density at radius 3 is 2.95 bits per heavy atom. The van der Waals surface area contributed by atoms with Crippen LogP contribution < -0.4 is 5.43 Å². The highest BCUT2D eigenvalue weighted by atomic mass is 16.3. The van der Waals surface area contributed by atoms with Crippen LogP contribution in [0.15, 0.2) is 36.0 Å². The molecule has 0 aliphatic rings. The number of hydrogen-bond donors (Lipinski definition) is 3. The fraction of sp³-hybridized carbons (Fsp3) is 0.286. The predicted octanol–water partition coefficient (Wildman–Crippen LogP) is 1.34. The molecule has 0 spiro atoms. The lowest BCUT2D eigenvalue weighted by Crippen LogP contribution is -2.17. The zero-order valence-corrected chi connectivity index (χ0v) is 10.7. The van der Waals surface area contributed by atoms with Crippen molar-refractivity contribution < 1.29 is 15.0 Å². The number of nitrogens with one attached hydrogen (secondary N) is 1. The maximum atomic E-state index is 11.2. The molecular formula is C14H18N2O3. The molecule has 0 saturated carbocycles. The number of carbonyl (C=O) groups is 1. The van der Waals surface area contributed by atoms with E-state index in [0.29, 0.717) is 18.4 Å². The number of phenolic OH excluding ortho intramolecular Hbond substituents is 1. The van der Waals surface area contributed by atoms with E-state index in [1.165, 1.54) is 6.21 Å². The number of aliphatic hydroxyl groups is 1. The van der Waals surface area contributed by atoms with Gasteiger partial charge in [-0.15, -0.1) is 6.58 Å². The number of carbonyl (C=O) groups excluding carboxylic acids is 1. The molecule has 5 heteroatoms. The topological polar surface area (TPSA) is 81.9 Å². The molecule has 1 aromatic rings. The number of hydrazone groups is 1. The van der Waals surface area contributed by atoms with Gasteiger partial charge in [0.25, 0.3) is 0 Å². The lowest BCUT2D eigenvalue weighted by Gasteiger charge is -2.04. The molecule has 0 aromatic heterocycles. The number of para-hydroxylation sites is 1. The van der Waals surface area contributed by atoms with E-state index in [-0.39, 0.29) is 24.7 Å². The Morgan fingerprint density at radius 1 is 1.47 bits per heavy atom. The molecule has 1 aromatic carbocycles. The molecule has 0 radical (unpaired) electrons. The van der Waals surface area contributed by atoms with Crippen molar-refractivity contribution >= 4 is 12.1 Å². The minimum Gasteiger partial charge on any atom is -0.507 e. The van der Waals surface area contributed by atoms with Gasteiger partial charge in [0.15, 0.2) is 0 Å². The SMILES string of the molecule is C=CCc1cccc(/C=N\NC(=O)CCCO)c1O. The molecule has 1 amide bonds. The summed E-state index contributed by atoms with van der Waals surface area (Å²) in [4.78, 5) is 11.2. The van der Waals surface area contributed by atoms with Crippen LogP contribution in [0.3, 0.4) is 0 Å². The average molecular weight is 262 g/mol. The van der Waals surface area contributed by atoms with Crippen LogP contribution in [0.5, 0.6) is 5.75 Å². The van der Waals surface area contributed by atoms with E-state index < -0.39 is 0 Å². The number of hydrogen-bond acceptors (Lipinski definition) is 4. The van der Waals surface area contributed by atoms with Gasteiger partial charge >= 0.3 is 0 Å². The molecule has 0 unspecified atom stereocenters. The molecule has 0 bridgehead atoms. The lowest BCUT2D eigenvalue weighted by molar-refractivity contribution is -0.121. The molecular weight excluding hydrogens is 244 g/mol. The Kier molecular flexibility index (Phi) is 6.32. The molecule has 0 aliphatic carbocycles. The van der Waals surface area contributed by atoms with E-state index in [1.54, 1.807) is 24.3 Å². The second-order valence-electron chi connectivity index (χ2n) is 3.97. The van der Waals surface area contributed by atoms with Crippen LogP contribution in [-0.4, -0.2) is 28.9 Å². The summed E-state index contributed by atoms with van der Waals surface area (Å²) >= 11 is 0. The van der Waals surface area contributed by atoms with Crippen LogP contribution >= 0.6 is 0 Å². The van der Waals surface area contributed by atoms with Crippen molar-refractivity contribution in [2.24, 2.45) is 5.10 Å². The van der Waals surface area contributed by atoms with Gasteiger partial charge in [-0.05, 0) is 24.5 Å². The van der Waals surface area contributed by atoms with Gasteiger partial charge in [-0.25, -0.2) is 5.43 Å².